The Hall–Kier alpha value is -2.23. The van der Waals surface area contributed by atoms with Crippen LogP contribution in [0.1, 0.15) is 5.56 Å². The molecule has 0 saturated heterocycles. The molecule has 0 aromatic carbocycles. The number of aryl methyl sites for hydroxylation is 1. The van der Waals surface area contributed by atoms with Crippen molar-refractivity contribution in [2.24, 2.45) is 0 Å². The highest BCUT2D eigenvalue weighted by Crippen LogP contribution is 2.21. The Labute approximate surface area is 92.4 Å². The molecule has 0 fully saturated rings. The zero-order valence-corrected chi connectivity index (χ0v) is 8.81. The summed E-state index contributed by atoms with van der Waals surface area (Å²) in [5.41, 5.74) is 3.84. The third kappa shape index (κ3) is 1.35. The zero-order chi connectivity index (χ0) is 11.0. The molecule has 0 saturated carbocycles. The van der Waals surface area contributed by atoms with Gasteiger partial charge in [0, 0.05) is 24.2 Å². The number of imidazole rings is 1. The molecular formula is C12H10N4. The lowest BCUT2D eigenvalue weighted by molar-refractivity contribution is 1.23. The van der Waals surface area contributed by atoms with Crippen LogP contribution in [0.25, 0.3) is 22.6 Å². The number of hydrogen-bond acceptors (Lipinski definition) is 3. The van der Waals surface area contributed by atoms with E-state index in [9.17, 15) is 0 Å². The van der Waals surface area contributed by atoms with Gasteiger partial charge in [-0.25, -0.2) is 9.97 Å². The van der Waals surface area contributed by atoms with Gasteiger partial charge in [-0.1, -0.05) is 0 Å². The van der Waals surface area contributed by atoms with Crippen molar-refractivity contribution in [1.29, 1.82) is 0 Å². The Morgan fingerprint density at radius 3 is 2.94 bits per heavy atom. The zero-order valence-electron chi connectivity index (χ0n) is 8.81. The lowest BCUT2D eigenvalue weighted by Gasteiger charge is -1.99. The van der Waals surface area contributed by atoms with Crippen LogP contribution in [0.15, 0.2) is 36.8 Å². The fourth-order valence-corrected chi connectivity index (χ4v) is 1.68. The van der Waals surface area contributed by atoms with Gasteiger partial charge in [0.05, 0.1) is 5.52 Å². The number of H-pyrrole nitrogens is 1. The van der Waals surface area contributed by atoms with Gasteiger partial charge in [-0.05, 0) is 30.7 Å². The van der Waals surface area contributed by atoms with E-state index in [0.717, 1.165) is 28.1 Å². The second-order valence-corrected chi connectivity index (χ2v) is 3.65. The molecule has 0 amide bonds. The Morgan fingerprint density at radius 1 is 1.19 bits per heavy atom. The van der Waals surface area contributed by atoms with Gasteiger partial charge in [0.25, 0.3) is 0 Å². The van der Waals surface area contributed by atoms with Crippen LogP contribution in [0, 0.1) is 6.92 Å². The summed E-state index contributed by atoms with van der Waals surface area (Å²) in [7, 11) is 0. The first kappa shape index (κ1) is 9.03. The van der Waals surface area contributed by atoms with Crippen molar-refractivity contribution in [1.82, 2.24) is 19.9 Å². The minimum absolute atomic E-state index is 0.737. The summed E-state index contributed by atoms with van der Waals surface area (Å²) in [6, 6.07) is 5.82. The smallest absolute Gasteiger partial charge is 0.178 e. The molecule has 0 aliphatic rings. The Morgan fingerprint density at radius 2 is 2.12 bits per heavy atom. The average Bonchev–Trinajstić information content (AvgIpc) is 2.73. The van der Waals surface area contributed by atoms with E-state index in [-0.39, 0.29) is 0 Å². The highest BCUT2D eigenvalue weighted by molar-refractivity contribution is 5.76. The fourth-order valence-electron chi connectivity index (χ4n) is 1.68. The number of aromatic nitrogens is 4. The van der Waals surface area contributed by atoms with Crippen LogP contribution in [0.4, 0.5) is 0 Å². The van der Waals surface area contributed by atoms with E-state index in [2.05, 4.69) is 19.9 Å². The average molecular weight is 210 g/mol. The van der Waals surface area contributed by atoms with E-state index in [0.29, 0.717) is 0 Å². The molecule has 0 unspecified atom stereocenters. The summed E-state index contributed by atoms with van der Waals surface area (Å²) in [4.78, 5) is 16.0. The first-order chi connectivity index (χ1) is 7.84. The number of nitrogens with one attached hydrogen (secondary N) is 1. The molecule has 3 aromatic heterocycles. The van der Waals surface area contributed by atoms with E-state index in [4.69, 9.17) is 0 Å². The molecule has 4 nitrogen and oxygen atoms in total. The van der Waals surface area contributed by atoms with Crippen LogP contribution in [0.5, 0.6) is 0 Å². The highest BCUT2D eigenvalue weighted by atomic mass is 15.0. The molecule has 0 atom stereocenters. The van der Waals surface area contributed by atoms with Crippen molar-refractivity contribution in [3.63, 3.8) is 0 Å². The largest absolute Gasteiger partial charge is 0.337 e. The molecule has 3 heterocycles. The van der Waals surface area contributed by atoms with Gasteiger partial charge in [0.15, 0.2) is 5.65 Å². The summed E-state index contributed by atoms with van der Waals surface area (Å²) in [6.07, 6.45) is 5.33. The number of aromatic amines is 1. The van der Waals surface area contributed by atoms with Crippen molar-refractivity contribution in [2.75, 3.05) is 0 Å². The van der Waals surface area contributed by atoms with Gasteiger partial charge in [0.1, 0.15) is 5.82 Å². The predicted octanol–water partition coefficient (Wildman–Crippen LogP) is 2.33. The van der Waals surface area contributed by atoms with Crippen molar-refractivity contribution >= 4 is 11.2 Å². The second-order valence-electron chi connectivity index (χ2n) is 3.65. The van der Waals surface area contributed by atoms with Crippen molar-refractivity contribution in [3.8, 4) is 11.4 Å². The Kier molecular flexibility index (Phi) is 1.93. The molecular weight excluding hydrogens is 200 g/mol. The molecule has 0 bridgehead atoms. The maximum Gasteiger partial charge on any atom is 0.178 e. The lowest BCUT2D eigenvalue weighted by Crippen LogP contribution is -1.86. The molecule has 4 heteroatoms. The molecule has 0 aliphatic heterocycles. The van der Waals surface area contributed by atoms with Crippen LogP contribution in [0.3, 0.4) is 0 Å². The quantitative estimate of drug-likeness (QED) is 0.670. The first-order valence-corrected chi connectivity index (χ1v) is 5.06. The first-order valence-electron chi connectivity index (χ1n) is 5.06. The molecule has 3 aromatic rings. The minimum Gasteiger partial charge on any atom is -0.337 e. The number of rotatable bonds is 1. The van der Waals surface area contributed by atoms with Gasteiger partial charge in [-0.15, -0.1) is 0 Å². The van der Waals surface area contributed by atoms with Crippen LogP contribution in [0.2, 0.25) is 0 Å². The molecule has 78 valence electrons. The van der Waals surface area contributed by atoms with E-state index in [1.807, 2.05) is 31.3 Å². The topological polar surface area (TPSA) is 54.5 Å². The molecule has 16 heavy (non-hydrogen) atoms. The number of hydrogen-bond donors (Lipinski definition) is 1. The normalized spacial score (nSPS) is 10.8. The van der Waals surface area contributed by atoms with Crippen LogP contribution in [-0.2, 0) is 0 Å². The molecule has 0 radical (unpaired) electrons. The summed E-state index contributed by atoms with van der Waals surface area (Å²) in [6.45, 7) is 2.04. The van der Waals surface area contributed by atoms with Gasteiger partial charge < -0.3 is 4.98 Å². The summed E-state index contributed by atoms with van der Waals surface area (Å²) in [5, 5.41) is 0. The van der Waals surface area contributed by atoms with Crippen molar-refractivity contribution in [2.45, 2.75) is 6.92 Å². The highest BCUT2D eigenvalue weighted by Gasteiger charge is 2.07. The third-order valence-corrected chi connectivity index (χ3v) is 2.55. The van der Waals surface area contributed by atoms with Crippen LogP contribution < -0.4 is 0 Å². The minimum atomic E-state index is 0.737. The van der Waals surface area contributed by atoms with E-state index >= 15 is 0 Å². The number of fused-ring (bicyclic) bond motifs is 1. The van der Waals surface area contributed by atoms with Crippen molar-refractivity contribution in [3.05, 3.63) is 42.4 Å². The predicted molar refractivity (Wildman–Crippen MR) is 61.9 cm³/mol. The molecule has 1 N–H and O–H groups in total. The maximum absolute atomic E-state index is 4.44. The molecule has 0 spiro atoms. The molecule has 0 aliphatic carbocycles. The third-order valence-electron chi connectivity index (χ3n) is 2.55. The van der Waals surface area contributed by atoms with E-state index in [1.165, 1.54) is 0 Å². The van der Waals surface area contributed by atoms with Gasteiger partial charge in [0.2, 0.25) is 0 Å². The Balaban J connectivity index is 2.23. The van der Waals surface area contributed by atoms with E-state index in [1.54, 1.807) is 12.4 Å². The fraction of sp³-hybridized carbons (Fsp3) is 0.0833. The van der Waals surface area contributed by atoms with Crippen LogP contribution in [-0.4, -0.2) is 19.9 Å². The summed E-state index contributed by atoms with van der Waals surface area (Å²) >= 11 is 0. The van der Waals surface area contributed by atoms with E-state index < -0.39 is 0 Å². The Bertz CT molecular complexity index is 609. The van der Waals surface area contributed by atoms with Gasteiger partial charge in [-0.2, -0.15) is 0 Å². The number of nitrogens with zero attached hydrogens (tertiary/aromatic N) is 3. The van der Waals surface area contributed by atoms with Crippen LogP contribution >= 0.6 is 0 Å². The molecule has 3 rings (SSSR count). The summed E-state index contributed by atoms with van der Waals surface area (Å²) in [5.74, 6) is 0.819. The lowest BCUT2D eigenvalue weighted by atomic mass is 10.1. The second kappa shape index (κ2) is 3.41. The van der Waals surface area contributed by atoms with Gasteiger partial charge in [-0.3, -0.25) is 4.98 Å². The van der Waals surface area contributed by atoms with Gasteiger partial charge >= 0.3 is 0 Å². The monoisotopic (exact) mass is 210 g/mol. The number of pyridine rings is 2. The van der Waals surface area contributed by atoms with Crippen molar-refractivity contribution < 1.29 is 0 Å². The SMILES string of the molecule is Cc1ccncc1-c1nc2ncccc2[nH]1. The standard InChI is InChI=1S/C12H10N4/c1-8-4-6-13-7-9(8)11-15-10-3-2-5-14-12(10)16-11/h2-7H,1H3,(H,14,15,16). The maximum atomic E-state index is 4.44. The summed E-state index contributed by atoms with van der Waals surface area (Å²) < 4.78 is 0.